The zero-order valence-electron chi connectivity index (χ0n) is 20.1. The lowest BCUT2D eigenvalue weighted by Crippen LogP contribution is -2.33. The molecule has 0 aromatic heterocycles. The van der Waals surface area contributed by atoms with E-state index in [0.717, 1.165) is 32.0 Å². The summed E-state index contributed by atoms with van der Waals surface area (Å²) in [6.07, 6.45) is 1.71. The molecule has 0 unspecified atom stereocenters. The molecule has 0 amide bonds. The maximum Gasteiger partial charge on any atom is 0.372 e. The molecule has 0 atom stereocenters. The van der Waals surface area contributed by atoms with Crippen LogP contribution in [0.4, 0.5) is 20.2 Å². The van der Waals surface area contributed by atoms with E-state index in [1.54, 1.807) is 54.6 Å². The van der Waals surface area contributed by atoms with Crippen molar-refractivity contribution in [3.63, 3.8) is 0 Å². The van der Waals surface area contributed by atoms with E-state index in [-0.39, 0.29) is 22.5 Å². The van der Waals surface area contributed by atoms with Gasteiger partial charge in [-0.3, -0.25) is 9.68 Å². The first kappa shape index (κ1) is 27.9. The van der Waals surface area contributed by atoms with Gasteiger partial charge in [0.05, 0.1) is 11.3 Å². The highest BCUT2D eigenvalue weighted by Gasteiger charge is 2.24. The number of hydrogen-bond acceptors (Lipinski definition) is 6. The molecule has 1 heterocycles. The Morgan fingerprint density at radius 1 is 0.946 bits per heavy atom. The number of piperidine rings is 1. The normalized spacial score (nSPS) is 13.6. The molecule has 3 aromatic rings. The minimum atomic E-state index is -0.993. The fraction of sp³-hybridized carbons (Fsp3) is 0.222. The molecular weight excluding hydrogens is 500 g/mol. The lowest BCUT2D eigenvalue weighted by atomic mass is 9.89. The Labute approximate surface area is 219 Å². The van der Waals surface area contributed by atoms with Gasteiger partial charge in [-0.2, -0.15) is 5.26 Å². The fourth-order valence-corrected chi connectivity index (χ4v) is 4.00. The zero-order valence-corrected chi connectivity index (χ0v) is 20.9. The second-order valence-corrected chi connectivity index (χ2v) is 8.86. The van der Waals surface area contributed by atoms with Crippen LogP contribution in [-0.4, -0.2) is 47.2 Å². The van der Waals surface area contributed by atoms with Crippen LogP contribution in [0.2, 0.25) is 0 Å². The standard InChI is InChI=1S/C20H21F2N3OS.C7H6O3/c1-25-10-8-13(9-11-25)19(26)14-4-2-5-15(12-14)23-20(27)24-17-7-3-6-16(21)18(17)22;8-7(10-9)6-4-2-1-3-5-6/h2-7,12-13H,8-11H2,1H3,(H2,23,24,27);1-5,9H. The number of ketones is 1. The molecule has 7 nitrogen and oxygen atoms in total. The summed E-state index contributed by atoms with van der Waals surface area (Å²) in [4.78, 5) is 29.0. The lowest BCUT2D eigenvalue weighted by Gasteiger charge is -2.28. The summed E-state index contributed by atoms with van der Waals surface area (Å²) < 4.78 is 27.0. The highest BCUT2D eigenvalue weighted by Crippen LogP contribution is 2.23. The number of likely N-dealkylation sites (tertiary alicyclic amines) is 1. The third-order valence-corrected chi connectivity index (χ3v) is 5.99. The number of rotatable bonds is 5. The van der Waals surface area contributed by atoms with Crippen molar-refractivity contribution in [2.45, 2.75) is 12.8 Å². The van der Waals surface area contributed by atoms with Crippen molar-refractivity contribution in [1.82, 2.24) is 4.90 Å². The number of anilines is 2. The number of halogens is 2. The number of nitrogens with zero attached hydrogens (tertiary/aromatic N) is 1. The van der Waals surface area contributed by atoms with E-state index >= 15 is 0 Å². The number of Topliss-reactive ketones (excluding diaryl/α,β-unsaturated/α-hetero) is 1. The molecular formula is C27H27F2N3O4S. The van der Waals surface area contributed by atoms with Crippen molar-refractivity contribution >= 4 is 40.5 Å². The summed E-state index contributed by atoms with van der Waals surface area (Å²) in [5, 5.41) is 13.6. The largest absolute Gasteiger partial charge is 0.372 e. The van der Waals surface area contributed by atoms with Crippen molar-refractivity contribution in [1.29, 1.82) is 0 Å². The number of carbonyl (C=O) groups excluding carboxylic acids is 2. The quantitative estimate of drug-likeness (QED) is 0.171. The van der Waals surface area contributed by atoms with Gasteiger partial charge in [0.1, 0.15) is 0 Å². The van der Waals surface area contributed by atoms with Crippen LogP contribution in [0.3, 0.4) is 0 Å². The van der Waals surface area contributed by atoms with E-state index in [1.165, 1.54) is 12.1 Å². The Bertz CT molecular complexity index is 1240. The van der Waals surface area contributed by atoms with Gasteiger partial charge in [-0.05, 0) is 81.6 Å². The Morgan fingerprint density at radius 2 is 1.59 bits per heavy atom. The molecule has 1 fully saturated rings. The van der Waals surface area contributed by atoms with Gasteiger partial charge in [-0.25, -0.2) is 13.6 Å². The monoisotopic (exact) mass is 527 g/mol. The number of carbonyl (C=O) groups is 2. The van der Waals surface area contributed by atoms with E-state index < -0.39 is 17.6 Å². The van der Waals surface area contributed by atoms with Gasteiger partial charge in [0.15, 0.2) is 22.5 Å². The fourth-order valence-electron chi connectivity index (χ4n) is 3.77. The zero-order chi connectivity index (χ0) is 26.8. The van der Waals surface area contributed by atoms with E-state index in [2.05, 4.69) is 27.5 Å². The van der Waals surface area contributed by atoms with Gasteiger partial charge in [0.2, 0.25) is 0 Å². The molecule has 3 N–H and O–H groups in total. The molecule has 1 saturated heterocycles. The Kier molecular flexibility index (Phi) is 10.2. The molecule has 0 saturated carbocycles. The van der Waals surface area contributed by atoms with Crippen LogP contribution in [0, 0.1) is 17.6 Å². The van der Waals surface area contributed by atoms with Gasteiger partial charge in [0.25, 0.3) is 0 Å². The van der Waals surface area contributed by atoms with Crippen molar-refractivity contribution in [2.75, 3.05) is 30.8 Å². The number of hydrogen-bond donors (Lipinski definition) is 3. The first-order valence-electron chi connectivity index (χ1n) is 11.5. The van der Waals surface area contributed by atoms with Gasteiger partial charge in [0, 0.05) is 17.2 Å². The van der Waals surface area contributed by atoms with Crippen LogP contribution in [0.1, 0.15) is 33.6 Å². The topological polar surface area (TPSA) is 90.9 Å². The number of benzene rings is 3. The predicted molar refractivity (Wildman–Crippen MR) is 142 cm³/mol. The minimum absolute atomic E-state index is 0.0305. The predicted octanol–water partition coefficient (Wildman–Crippen LogP) is 5.61. The van der Waals surface area contributed by atoms with E-state index in [4.69, 9.17) is 17.5 Å². The second-order valence-electron chi connectivity index (χ2n) is 8.45. The second kappa shape index (κ2) is 13.5. The van der Waals surface area contributed by atoms with Crippen LogP contribution < -0.4 is 10.6 Å². The van der Waals surface area contributed by atoms with Gasteiger partial charge >= 0.3 is 5.97 Å². The molecule has 4 rings (SSSR count). The summed E-state index contributed by atoms with van der Waals surface area (Å²) in [6, 6.07) is 19.1. The highest BCUT2D eigenvalue weighted by molar-refractivity contribution is 7.80. The number of nitrogens with one attached hydrogen (secondary N) is 2. The van der Waals surface area contributed by atoms with Crippen molar-refractivity contribution in [3.05, 3.63) is 95.6 Å². The van der Waals surface area contributed by atoms with E-state index in [9.17, 15) is 18.4 Å². The first-order chi connectivity index (χ1) is 17.8. The van der Waals surface area contributed by atoms with Crippen LogP contribution in [0.15, 0.2) is 72.8 Å². The minimum Gasteiger partial charge on any atom is -0.332 e. The molecule has 1 aliphatic heterocycles. The molecule has 37 heavy (non-hydrogen) atoms. The van der Waals surface area contributed by atoms with E-state index in [1.807, 2.05) is 0 Å². The molecule has 0 spiro atoms. The Balaban J connectivity index is 0.000000319. The molecule has 0 radical (unpaired) electrons. The van der Waals surface area contributed by atoms with Crippen molar-refractivity contribution in [3.8, 4) is 0 Å². The molecule has 0 aliphatic carbocycles. The molecule has 3 aromatic carbocycles. The van der Waals surface area contributed by atoms with Gasteiger partial charge in [-0.15, -0.1) is 0 Å². The van der Waals surface area contributed by atoms with E-state index in [0.29, 0.717) is 16.8 Å². The smallest absolute Gasteiger partial charge is 0.332 e. The summed E-state index contributed by atoms with van der Waals surface area (Å²) in [6.45, 7) is 1.84. The Hall–Kier alpha value is -3.73. The number of thiocarbonyl (C=S) groups is 1. The highest BCUT2D eigenvalue weighted by atomic mass is 32.1. The van der Waals surface area contributed by atoms with Crippen molar-refractivity contribution < 1.29 is 28.5 Å². The summed E-state index contributed by atoms with van der Waals surface area (Å²) in [5.74, 6) is -2.52. The average molecular weight is 528 g/mol. The average Bonchev–Trinajstić information content (AvgIpc) is 2.92. The molecule has 194 valence electrons. The molecule has 0 bridgehead atoms. The third kappa shape index (κ3) is 8.14. The molecule has 1 aliphatic rings. The summed E-state index contributed by atoms with van der Waals surface area (Å²) >= 11 is 5.17. The maximum absolute atomic E-state index is 13.7. The molecule has 10 heteroatoms. The SMILES string of the molecule is CN1CCC(C(=O)c2cccc(NC(=S)Nc3cccc(F)c3F)c2)CC1.O=C(OO)c1ccccc1. The van der Waals surface area contributed by atoms with Crippen LogP contribution >= 0.6 is 12.2 Å². The van der Waals surface area contributed by atoms with Crippen LogP contribution in [0.5, 0.6) is 0 Å². The van der Waals surface area contributed by atoms with Crippen LogP contribution in [-0.2, 0) is 4.89 Å². The summed E-state index contributed by atoms with van der Waals surface area (Å²) in [5.41, 5.74) is 1.52. The van der Waals surface area contributed by atoms with Crippen LogP contribution in [0.25, 0.3) is 0 Å². The summed E-state index contributed by atoms with van der Waals surface area (Å²) in [7, 11) is 2.06. The first-order valence-corrected chi connectivity index (χ1v) is 11.9. The Morgan fingerprint density at radius 3 is 2.27 bits per heavy atom. The lowest BCUT2D eigenvalue weighted by molar-refractivity contribution is -0.182. The van der Waals surface area contributed by atoms with Gasteiger partial charge < -0.3 is 15.5 Å². The third-order valence-electron chi connectivity index (χ3n) is 5.79. The van der Waals surface area contributed by atoms with Crippen molar-refractivity contribution in [2.24, 2.45) is 5.92 Å². The maximum atomic E-state index is 13.7. The van der Waals surface area contributed by atoms with Gasteiger partial charge in [-0.1, -0.05) is 36.4 Å².